The molecule has 14 heavy (non-hydrogen) atoms. The normalized spacial score (nSPS) is 17.5. The van der Waals surface area contributed by atoms with Crippen LogP contribution in [0.1, 0.15) is 24.3 Å². The standard InChI is InChI=1S/C11H14ClN.ClH/c12-11-4-2-1-3-10(11)9-5-7-13-8-6-9;/h1-4,9,13H,5-8H2;1H. The van der Waals surface area contributed by atoms with E-state index in [9.17, 15) is 0 Å². The summed E-state index contributed by atoms with van der Waals surface area (Å²) in [5, 5.41) is 4.29. The van der Waals surface area contributed by atoms with E-state index in [0.717, 1.165) is 18.1 Å². The quantitative estimate of drug-likeness (QED) is 0.783. The summed E-state index contributed by atoms with van der Waals surface area (Å²) in [4.78, 5) is 0. The molecule has 0 aromatic heterocycles. The Bertz CT molecular complexity index is 282. The van der Waals surface area contributed by atoms with E-state index >= 15 is 0 Å². The topological polar surface area (TPSA) is 12.0 Å². The van der Waals surface area contributed by atoms with Gasteiger partial charge in [0, 0.05) is 5.02 Å². The van der Waals surface area contributed by atoms with Crippen LogP contribution in [0.15, 0.2) is 24.3 Å². The summed E-state index contributed by atoms with van der Waals surface area (Å²) < 4.78 is 0. The van der Waals surface area contributed by atoms with Gasteiger partial charge in [0.05, 0.1) is 0 Å². The zero-order chi connectivity index (χ0) is 9.10. The van der Waals surface area contributed by atoms with Crippen LogP contribution in [0.4, 0.5) is 0 Å². The molecule has 78 valence electrons. The van der Waals surface area contributed by atoms with Gasteiger partial charge in [-0.05, 0) is 43.5 Å². The van der Waals surface area contributed by atoms with Gasteiger partial charge in [0.1, 0.15) is 0 Å². The number of halogens is 2. The number of piperidine rings is 1. The van der Waals surface area contributed by atoms with Crippen LogP contribution in [0.3, 0.4) is 0 Å². The van der Waals surface area contributed by atoms with E-state index in [0.29, 0.717) is 5.92 Å². The van der Waals surface area contributed by atoms with Crippen molar-refractivity contribution >= 4 is 24.0 Å². The second kappa shape index (κ2) is 5.59. The van der Waals surface area contributed by atoms with Crippen molar-refractivity contribution in [3.63, 3.8) is 0 Å². The van der Waals surface area contributed by atoms with E-state index in [4.69, 9.17) is 11.6 Å². The Labute approximate surface area is 96.3 Å². The van der Waals surface area contributed by atoms with E-state index < -0.39 is 0 Å². The zero-order valence-electron chi connectivity index (χ0n) is 8.00. The first kappa shape index (κ1) is 11.8. The number of nitrogens with one attached hydrogen (secondary N) is 1. The van der Waals surface area contributed by atoms with Crippen molar-refractivity contribution in [3.8, 4) is 0 Å². The summed E-state index contributed by atoms with van der Waals surface area (Å²) in [5.74, 6) is 0.662. The van der Waals surface area contributed by atoms with Gasteiger partial charge in [-0.2, -0.15) is 0 Å². The Balaban J connectivity index is 0.000000980. The molecular formula is C11H15Cl2N. The lowest BCUT2D eigenvalue weighted by Crippen LogP contribution is -2.26. The minimum atomic E-state index is 0. The molecule has 0 unspecified atom stereocenters. The van der Waals surface area contributed by atoms with Gasteiger partial charge in [0.25, 0.3) is 0 Å². The molecule has 1 fully saturated rings. The van der Waals surface area contributed by atoms with Crippen LogP contribution in [0.2, 0.25) is 5.02 Å². The Morgan fingerprint density at radius 3 is 2.43 bits per heavy atom. The Morgan fingerprint density at radius 1 is 1.14 bits per heavy atom. The second-order valence-electron chi connectivity index (χ2n) is 3.55. The highest BCUT2D eigenvalue weighted by Gasteiger charge is 2.16. The molecule has 1 N–H and O–H groups in total. The molecular weight excluding hydrogens is 217 g/mol. The molecule has 1 heterocycles. The molecule has 1 saturated heterocycles. The lowest BCUT2D eigenvalue weighted by molar-refractivity contribution is 0.460. The second-order valence-corrected chi connectivity index (χ2v) is 3.95. The molecule has 1 aliphatic heterocycles. The fraction of sp³-hybridized carbons (Fsp3) is 0.455. The molecule has 2 rings (SSSR count). The molecule has 1 aromatic rings. The van der Waals surface area contributed by atoms with Crippen molar-refractivity contribution in [1.29, 1.82) is 0 Å². The lowest BCUT2D eigenvalue weighted by Gasteiger charge is -2.23. The summed E-state index contributed by atoms with van der Waals surface area (Å²) in [6.45, 7) is 2.24. The first-order valence-corrected chi connectivity index (χ1v) is 5.21. The zero-order valence-corrected chi connectivity index (χ0v) is 9.57. The molecule has 1 aliphatic rings. The Morgan fingerprint density at radius 2 is 1.79 bits per heavy atom. The van der Waals surface area contributed by atoms with Crippen molar-refractivity contribution in [1.82, 2.24) is 5.32 Å². The molecule has 0 aliphatic carbocycles. The van der Waals surface area contributed by atoms with Crippen LogP contribution >= 0.6 is 24.0 Å². The monoisotopic (exact) mass is 231 g/mol. The maximum Gasteiger partial charge on any atom is 0.0440 e. The highest BCUT2D eigenvalue weighted by Crippen LogP contribution is 2.30. The molecule has 0 atom stereocenters. The van der Waals surface area contributed by atoms with E-state index in [-0.39, 0.29) is 12.4 Å². The molecule has 1 aromatic carbocycles. The Kier molecular flexibility index (Phi) is 4.73. The van der Waals surface area contributed by atoms with Crippen LogP contribution in [0.5, 0.6) is 0 Å². The van der Waals surface area contributed by atoms with Crippen molar-refractivity contribution < 1.29 is 0 Å². The van der Waals surface area contributed by atoms with Gasteiger partial charge in [-0.15, -0.1) is 12.4 Å². The van der Waals surface area contributed by atoms with Crippen molar-refractivity contribution in [2.24, 2.45) is 0 Å². The van der Waals surface area contributed by atoms with Gasteiger partial charge < -0.3 is 5.32 Å². The number of benzene rings is 1. The molecule has 0 amide bonds. The van der Waals surface area contributed by atoms with Gasteiger partial charge in [-0.1, -0.05) is 29.8 Å². The lowest BCUT2D eigenvalue weighted by atomic mass is 9.90. The molecule has 1 nitrogen and oxygen atoms in total. The van der Waals surface area contributed by atoms with Gasteiger partial charge in [0.15, 0.2) is 0 Å². The summed E-state index contributed by atoms with van der Waals surface area (Å²) in [7, 11) is 0. The third-order valence-electron chi connectivity index (χ3n) is 2.68. The van der Waals surface area contributed by atoms with E-state index in [1.54, 1.807) is 0 Å². The molecule has 0 spiro atoms. The van der Waals surface area contributed by atoms with E-state index in [2.05, 4.69) is 17.4 Å². The van der Waals surface area contributed by atoms with Crippen LogP contribution in [0, 0.1) is 0 Å². The molecule has 3 heteroatoms. The predicted molar refractivity (Wildman–Crippen MR) is 63.5 cm³/mol. The van der Waals surface area contributed by atoms with E-state index in [1.165, 1.54) is 18.4 Å². The third-order valence-corrected chi connectivity index (χ3v) is 3.03. The predicted octanol–water partition coefficient (Wildman–Crippen LogP) is 3.23. The SMILES string of the molecule is Cl.Clc1ccccc1C1CCNCC1. The maximum absolute atomic E-state index is 6.14. The van der Waals surface area contributed by atoms with Gasteiger partial charge >= 0.3 is 0 Å². The third kappa shape index (κ3) is 2.63. The summed E-state index contributed by atoms with van der Waals surface area (Å²) in [6.07, 6.45) is 2.42. The van der Waals surface area contributed by atoms with Crippen molar-refractivity contribution in [2.75, 3.05) is 13.1 Å². The molecule has 0 saturated carbocycles. The summed E-state index contributed by atoms with van der Waals surface area (Å²) >= 11 is 6.14. The van der Waals surface area contributed by atoms with Crippen LogP contribution < -0.4 is 5.32 Å². The fourth-order valence-electron chi connectivity index (χ4n) is 1.94. The number of rotatable bonds is 1. The number of hydrogen-bond donors (Lipinski definition) is 1. The van der Waals surface area contributed by atoms with Crippen LogP contribution in [0.25, 0.3) is 0 Å². The molecule has 0 radical (unpaired) electrons. The first-order valence-electron chi connectivity index (χ1n) is 4.83. The van der Waals surface area contributed by atoms with Crippen molar-refractivity contribution in [2.45, 2.75) is 18.8 Å². The highest BCUT2D eigenvalue weighted by molar-refractivity contribution is 6.31. The van der Waals surface area contributed by atoms with E-state index in [1.807, 2.05) is 12.1 Å². The first-order chi connectivity index (χ1) is 6.38. The smallest absolute Gasteiger partial charge is 0.0440 e. The van der Waals surface area contributed by atoms with Gasteiger partial charge in [-0.25, -0.2) is 0 Å². The maximum atomic E-state index is 6.14. The average molecular weight is 232 g/mol. The molecule has 0 bridgehead atoms. The van der Waals surface area contributed by atoms with Crippen LogP contribution in [-0.2, 0) is 0 Å². The van der Waals surface area contributed by atoms with Gasteiger partial charge in [-0.3, -0.25) is 0 Å². The Hall–Kier alpha value is -0.240. The minimum absolute atomic E-state index is 0. The highest BCUT2D eigenvalue weighted by atomic mass is 35.5. The largest absolute Gasteiger partial charge is 0.317 e. The average Bonchev–Trinajstić information content (AvgIpc) is 2.20. The van der Waals surface area contributed by atoms with Crippen molar-refractivity contribution in [3.05, 3.63) is 34.9 Å². The minimum Gasteiger partial charge on any atom is -0.317 e. The van der Waals surface area contributed by atoms with Gasteiger partial charge in [0.2, 0.25) is 0 Å². The van der Waals surface area contributed by atoms with Crippen LogP contribution in [-0.4, -0.2) is 13.1 Å². The fourth-order valence-corrected chi connectivity index (χ4v) is 2.23. The number of hydrogen-bond acceptors (Lipinski definition) is 1. The summed E-state index contributed by atoms with van der Waals surface area (Å²) in [6, 6.07) is 8.20. The summed E-state index contributed by atoms with van der Waals surface area (Å²) in [5.41, 5.74) is 1.32.